The fourth-order valence-electron chi connectivity index (χ4n) is 1.40. The van der Waals surface area contributed by atoms with Crippen LogP contribution in [-0.2, 0) is 0 Å². The van der Waals surface area contributed by atoms with E-state index < -0.39 is 0 Å². The average Bonchev–Trinajstić information content (AvgIpc) is 2.29. The predicted molar refractivity (Wildman–Crippen MR) is 71.6 cm³/mol. The Morgan fingerprint density at radius 3 is 2.69 bits per heavy atom. The van der Waals surface area contributed by atoms with Gasteiger partial charge < -0.3 is 4.74 Å². The van der Waals surface area contributed by atoms with E-state index in [2.05, 4.69) is 36.8 Å². The van der Waals surface area contributed by atoms with Crippen LogP contribution in [0.3, 0.4) is 0 Å². The van der Waals surface area contributed by atoms with Gasteiger partial charge in [-0.25, -0.2) is 0 Å². The topological polar surface area (TPSA) is 22.1 Å². The van der Waals surface area contributed by atoms with Crippen LogP contribution in [0.25, 0.3) is 11.3 Å². The molecule has 0 aliphatic carbocycles. The van der Waals surface area contributed by atoms with E-state index in [1.165, 1.54) is 0 Å². The summed E-state index contributed by atoms with van der Waals surface area (Å²) in [4.78, 5) is 4.37. The highest BCUT2D eigenvalue weighted by Crippen LogP contribution is 2.30. The second-order valence-corrected chi connectivity index (χ2v) is 4.99. The lowest BCUT2D eigenvalue weighted by Gasteiger charge is -2.06. The van der Waals surface area contributed by atoms with Crippen LogP contribution in [0.4, 0.5) is 0 Å². The van der Waals surface area contributed by atoms with E-state index in [9.17, 15) is 0 Å². The van der Waals surface area contributed by atoms with Gasteiger partial charge in [0, 0.05) is 20.7 Å². The first-order valence-electron chi connectivity index (χ1n) is 4.66. The molecule has 82 valence electrons. The highest BCUT2D eigenvalue weighted by molar-refractivity contribution is 9.11. The van der Waals surface area contributed by atoms with Crippen LogP contribution in [0.2, 0.25) is 0 Å². The van der Waals surface area contributed by atoms with Crippen molar-refractivity contribution in [3.8, 4) is 17.0 Å². The Kier molecular flexibility index (Phi) is 3.61. The van der Waals surface area contributed by atoms with Gasteiger partial charge >= 0.3 is 0 Å². The first-order valence-corrected chi connectivity index (χ1v) is 6.25. The Balaban J connectivity index is 2.49. The quantitative estimate of drug-likeness (QED) is 0.812. The summed E-state index contributed by atoms with van der Waals surface area (Å²) in [6.45, 7) is 0. The molecule has 0 aliphatic heterocycles. The maximum atomic E-state index is 5.19. The second kappa shape index (κ2) is 4.97. The van der Waals surface area contributed by atoms with Crippen molar-refractivity contribution < 1.29 is 4.74 Å². The fraction of sp³-hybridized carbons (Fsp3) is 0.0833. The highest BCUT2D eigenvalue weighted by Gasteiger charge is 2.06. The number of aromatic nitrogens is 1. The summed E-state index contributed by atoms with van der Waals surface area (Å²) in [6.07, 6.45) is 1.78. The molecule has 0 atom stereocenters. The minimum atomic E-state index is 0.828. The van der Waals surface area contributed by atoms with Gasteiger partial charge in [-0.05, 0) is 50.1 Å². The molecule has 4 heteroatoms. The van der Waals surface area contributed by atoms with Crippen LogP contribution in [-0.4, -0.2) is 12.1 Å². The van der Waals surface area contributed by atoms with Crippen LogP contribution < -0.4 is 4.74 Å². The maximum Gasteiger partial charge on any atom is 0.119 e. The van der Waals surface area contributed by atoms with E-state index >= 15 is 0 Å². The fourth-order valence-corrected chi connectivity index (χ4v) is 2.61. The number of ether oxygens (including phenoxy) is 1. The molecule has 2 rings (SSSR count). The van der Waals surface area contributed by atoms with Crippen molar-refractivity contribution in [1.29, 1.82) is 0 Å². The van der Waals surface area contributed by atoms with E-state index in [0.717, 1.165) is 26.0 Å². The third-order valence-electron chi connectivity index (χ3n) is 2.15. The van der Waals surface area contributed by atoms with Crippen LogP contribution in [0, 0.1) is 0 Å². The number of nitrogens with zero attached hydrogens (tertiary/aromatic N) is 1. The lowest BCUT2D eigenvalue weighted by molar-refractivity contribution is 0.415. The summed E-state index contributed by atoms with van der Waals surface area (Å²) in [6, 6.07) is 9.80. The number of benzene rings is 1. The second-order valence-electron chi connectivity index (χ2n) is 3.22. The zero-order valence-corrected chi connectivity index (χ0v) is 11.7. The average molecular weight is 343 g/mol. The molecule has 2 nitrogen and oxygen atoms in total. The lowest BCUT2D eigenvalue weighted by atomic mass is 10.1. The molecule has 1 aromatic heterocycles. The van der Waals surface area contributed by atoms with Crippen molar-refractivity contribution in [2.75, 3.05) is 7.11 Å². The Hall–Kier alpha value is -0.870. The summed E-state index contributed by atoms with van der Waals surface area (Å²) in [5.41, 5.74) is 1.93. The standard InChI is InChI=1S/C12H9Br2NO/c1-16-10-4-2-3-8(5-10)12-11(14)6-9(13)7-15-12/h2-7H,1H3. The third kappa shape index (κ3) is 2.44. The van der Waals surface area contributed by atoms with E-state index in [1.54, 1.807) is 13.3 Å². The predicted octanol–water partition coefficient (Wildman–Crippen LogP) is 4.28. The summed E-state index contributed by atoms with van der Waals surface area (Å²) >= 11 is 6.88. The molecule has 0 amide bonds. The summed E-state index contributed by atoms with van der Waals surface area (Å²) in [5, 5.41) is 0. The van der Waals surface area contributed by atoms with Crippen LogP contribution in [0.15, 0.2) is 45.5 Å². The molecule has 0 spiro atoms. The Morgan fingerprint density at radius 2 is 2.00 bits per heavy atom. The maximum absolute atomic E-state index is 5.19. The molecular weight excluding hydrogens is 334 g/mol. The first kappa shape index (κ1) is 11.6. The molecule has 0 bridgehead atoms. The van der Waals surface area contributed by atoms with Crippen molar-refractivity contribution in [2.45, 2.75) is 0 Å². The zero-order chi connectivity index (χ0) is 11.5. The molecule has 0 N–H and O–H groups in total. The summed E-state index contributed by atoms with van der Waals surface area (Å²) in [5.74, 6) is 0.828. The smallest absolute Gasteiger partial charge is 0.119 e. The van der Waals surface area contributed by atoms with Crippen molar-refractivity contribution in [2.24, 2.45) is 0 Å². The Morgan fingerprint density at radius 1 is 1.19 bits per heavy atom. The van der Waals surface area contributed by atoms with E-state index in [4.69, 9.17) is 4.74 Å². The highest BCUT2D eigenvalue weighted by atomic mass is 79.9. The van der Waals surface area contributed by atoms with Gasteiger partial charge in [-0.2, -0.15) is 0 Å². The lowest BCUT2D eigenvalue weighted by Crippen LogP contribution is -1.87. The van der Waals surface area contributed by atoms with Gasteiger partial charge in [0.2, 0.25) is 0 Å². The summed E-state index contributed by atoms with van der Waals surface area (Å²) in [7, 11) is 1.66. The molecule has 1 heterocycles. The number of methoxy groups -OCH3 is 1. The number of halogens is 2. The van der Waals surface area contributed by atoms with Gasteiger partial charge in [0.25, 0.3) is 0 Å². The molecule has 1 aromatic carbocycles. The molecular formula is C12H9Br2NO. The Bertz CT molecular complexity index is 514. The van der Waals surface area contributed by atoms with Gasteiger partial charge in [0.1, 0.15) is 5.75 Å². The number of hydrogen-bond acceptors (Lipinski definition) is 2. The number of pyridine rings is 1. The zero-order valence-electron chi connectivity index (χ0n) is 8.58. The molecule has 0 fully saturated rings. The van der Waals surface area contributed by atoms with Gasteiger partial charge in [-0.15, -0.1) is 0 Å². The summed E-state index contributed by atoms with van der Waals surface area (Å²) < 4.78 is 7.09. The monoisotopic (exact) mass is 341 g/mol. The van der Waals surface area contributed by atoms with E-state index in [0.29, 0.717) is 0 Å². The molecule has 16 heavy (non-hydrogen) atoms. The van der Waals surface area contributed by atoms with Crippen molar-refractivity contribution >= 4 is 31.9 Å². The largest absolute Gasteiger partial charge is 0.497 e. The normalized spacial score (nSPS) is 10.2. The molecule has 0 aliphatic rings. The van der Waals surface area contributed by atoms with Crippen molar-refractivity contribution in [3.05, 3.63) is 45.5 Å². The SMILES string of the molecule is COc1cccc(-c2ncc(Br)cc2Br)c1. The molecule has 0 unspecified atom stereocenters. The van der Waals surface area contributed by atoms with Crippen LogP contribution >= 0.6 is 31.9 Å². The number of hydrogen-bond donors (Lipinski definition) is 0. The molecule has 0 saturated carbocycles. The number of rotatable bonds is 2. The molecule has 0 saturated heterocycles. The minimum absolute atomic E-state index is 0.828. The van der Waals surface area contributed by atoms with Gasteiger partial charge in [0.05, 0.1) is 12.8 Å². The van der Waals surface area contributed by atoms with E-state index in [1.807, 2.05) is 30.3 Å². The van der Waals surface area contributed by atoms with Crippen molar-refractivity contribution in [1.82, 2.24) is 4.98 Å². The van der Waals surface area contributed by atoms with Crippen LogP contribution in [0.1, 0.15) is 0 Å². The van der Waals surface area contributed by atoms with Gasteiger partial charge in [0.15, 0.2) is 0 Å². The Labute approximate surface area is 111 Å². The molecule has 2 aromatic rings. The van der Waals surface area contributed by atoms with Gasteiger partial charge in [-0.3, -0.25) is 4.98 Å². The first-order chi connectivity index (χ1) is 7.70. The van der Waals surface area contributed by atoms with Gasteiger partial charge in [-0.1, -0.05) is 12.1 Å². The van der Waals surface area contributed by atoms with Crippen molar-refractivity contribution in [3.63, 3.8) is 0 Å². The van der Waals surface area contributed by atoms with E-state index in [-0.39, 0.29) is 0 Å². The third-order valence-corrected chi connectivity index (χ3v) is 3.19. The molecule has 0 radical (unpaired) electrons. The minimum Gasteiger partial charge on any atom is -0.497 e. The van der Waals surface area contributed by atoms with Crippen LogP contribution in [0.5, 0.6) is 5.75 Å².